The van der Waals surface area contributed by atoms with Crippen LogP contribution in [0, 0.1) is 5.92 Å². The van der Waals surface area contributed by atoms with Gasteiger partial charge >= 0.3 is 5.97 Å². The summed E-state index contributed by atoms with van der Waals surface area (Å²) in [5, 5.41) is 2.79. The van der Waals surface area contributed by atoms with Crippen molar-refractivity contribution in [1.82, 2.24) is 5.32 Å². The van der Waals surface area contributed by atoms with Gasteiger partial charge in [0.25, 0.3) is 5.91 Å². The van der Waals surface area contributed by atoms with Crippen molar-refractivity contribution in [2.45, 2.75) is 26.8 Å². The van der Waals surface area contributed by atoms with Crippen LogP contribution in [0.1, 0.15) is 31.1 Å². The maximum atomic E-state index is 12.0. The third-order valence-electron chi connectivity index (χ3n) is 3.79. The van der Waals surface area contributed by atoms with Gasteiger partial charge in [-0.15, -0.1) is 0 Å². The van der Waals surface area contributed by atoms with Gasteiger partial charge in [-0.25, -0.2) is 4.79 Å². The third-order valence-corrected chi connectivity index (χ3v) is 3.79. The number of rotatable bonds is 7. The normalized spacial score (nSPS) is 11.7. The molecule has 5 nitrogen and oxygen atoms in total. The first-order chi connectivity index (χ1) is 12.0. The van der Waals surface area contributed by atoms with E-state index in [-0.39, 0.29) is 18.6 Å². The van der Waals surface area contributed by atoms with Gasteiger partial charge in [0, 0.05) is 6.04 Å². The molecule has 0 radical (unpaired) electrons. The van der Waals surface area contributed by atoms with Crippen LogP contribution in [0.2, 0.25) is 0 Å². The fourth-order valence-electron chi connectivity index (χ4n) is 1.96. The number of carbonyl (C=O) groups excluding carboxylic acids is 2. The fraction of sp³-hybridized carbons (Fsp3) is 0.300. The van der Waals surface area contributed by atoms with Crippen molar-refractivity contribution in [1.29, 1.82) is 0 Å². The molecule has 0 fully saturated rings. The van der Waals surface area contributed by atoms with Gasteiger partial charge in [0.05, 0.1) is 5.56 Å². The van der Waals surface area contributed by atoms with Crippen LogP contribution in [-0.4, -0.2) is 24.5 Å². The molecule has 0 aliphatic rings. The van der Waals surface area contributed by atoms with Crippen molar-refractivity contribution < 1.29 is 19.1 Å². The predicted molar refractivity (Wildman–Crippen MR) is 95.7 cm³/mol. The number of hydrogen-bond acceptors (Lipinski definition) is 4. The number of carbonyl (C=O) groups is 2. The maximum absolute atomic E-state index is 12.0. The molecule has 0 heterocycles. The molecule has 1 amide bonds. The Hall–Kier alpha value is -2.82. The van der Waals surface area contributed by atoms with Crippen LogP contribution in [0.4, 0.5) is 0 Å². The summed E-state index contributed by atoms with van der Waals surface area (Å²) in [6.45, 7) is 5.64. The van der Waals surface area contributed by atoms with E-state index in [0.717, 1.165) is 0 Å². The Morgan fingerprint density at radius 1 is 0.920 bits per heavy atom. The molecule has 2 aromatic rings. The first-order valence-electron chi connectivity index (χ1n) is 8.25. The summed E-state index contributed by atoms with van der Waals surface area (Å²) in [4.78, 5) is 23.7. The van der Waals surface area contributed by atoms with E-state index in [0.29, 0.717) is 23.0 Å². The predicted octanol–water partition coefficient (Wildman–Crippen LogP) is 3.80. The molecule has 132 valence electrons. The van der Waals surface area contributed by atoms with Crippen molar-refractivity contribution >= 4 is 11.9 Å². The van der Waals surface area contributed by atoms with E-state index in [4.69, 9.17) is 9.47 Å². The summed E-state index contributed by atoms with van der Waals surface area (Å²) in [6, 6.07) is 16.0. The Bertz CT molecular complexity index is 695. The van der Waals surface area contributed by atoms with Crippen LogP contribution in [0.5, 0.6) is 11.5 Å². The number of benzene rings is 2. The van der Waals surface area contributed by atoms with Gasteiger partial charge in [-0.2, -0.15) is 0 Å². The van der Waals surface area contributed by atoms with Crippen LogP contribution in [0.3, 0.4) is 0 Å². The van der Waals surface area contributed by atoms with Crippen LogP contribution in [-0.2, 0) is 9.53 Å². The van der Waals surface area contributed by atoms with E-state index in [1.165, 1.54) is 0 Å². The highest BCUT2D eigenvalue weighted by atomic mass is 16.5. The standard InChI is InChI=1S/C20H23NO4/c1-14(2)15(3)21-19(22)13-24-20(23)16-9-11-18(12-10-16)25-17-7-5-4-6-8-17/h4-12,14-15H,13H2,1-3H3,(H,21,22)/t15-/m0/s1. The van der Waals surface area contributed by atoms with Gasteiger partial charge in [-0.1, -0.05) is 32.0 Å². The molecule has 0 aliphatic carbocycles. The molecule has 0 aliphatic heterocycles. The molecule has 2 rings (SSSR count). The molecule has 1 atom stereocenters. The lowest BCUT2D eigenvalue weighted by atomic mass is 10.1. The number of para-hydroxylation sites is 1. The molecule has 0 aromatic heterocycles. The number of hydrogen-bond donors (Lipinski definition) is 1. The first-order valence-corrected chi connectivity index (χ1v) is 8.25. The summed E-state index contributed by atoms with van der Waals surface area (Å²) in [6.07, 6.45) is 0. The van der Waals surface area contributed by atoms with E-state index in [9.17, 15) is 9.59 Å². The Labute approximate surface area is 148 Å². The first kappa shape index (κ1) is 18.5. The van der Waals surface area contributed by atoms with Crippen molar-refractivity contribution in [2.24, 2.45) is 5.92 Å². The Balaban J connectivity index is 1.85. The molecular formula is C20H23NO4. The molecule has 0 unspecified atom stereocenters. The van der Waals surface area contributed by atoms with Gasteiger partial charge in [0.2, 0.25) is 0 Å². The zero-order chi connectivity index (χ0) is 18.2. The lowest BCUT2D eigenvalue weighted by Crippen LogP contribution is -2.38. The average Bonchev–Trinajstić information content (AvgIpc) is 2.61. The number of nitrogens with one attached hydrogen (secondary N) is 1. The second kappa shape index (κ2) is 8.87. The van der Waals surface area contributed by atoms with Gasteiger partial charge in [0.1, 0.15) is 11.5 Å². The zero-order valence-corrected chi connectivity index (χ0v) is 14.7. The smallest absolute Gasteiger partial charge is 0.338 e. The second-order valence-electron chi connectivity index (χ2n) is 6.12. The number of amides is 1. The van der Waals surface area contributed by atoms with Crippen LogP contribution < -0.4 is 10.1 Å². The van der Waals surface area contributed by atoms with Crippen molar-refractivity contribution in [3.05, 3.63) is 60.2 Å². The molecule has 0 saturated heterocycles. The minimum Gasteiger partial charge on any atom is -0.457 e. The quantitative estimate of drug-likeness (QED) is 0.778. The summed E-state index contributed by atoms with van der Waals surface area (Å²) < 4.78 is 10.7. The third kappa shape index (κ3) is 5.95. The Morgan fingerprint density at radius 2 is 1.52 bits per heavy atom. The van der Waals surface area contributed by atoms with Crippen molar-refractivity contribution in [2.75, 3.05) is 6.61 Å². The molecule has 0 saturated carbocycles. The topological polar surface area (TPSA) is 64.6 Å². The summed E-state index contributed by atoms with van der Waals surface area (Å²) in [7, 11) is 0. The van der Waals surface area contributed by atoms with Crippen LogP contribution in [0.15, 0.2) is 54.6 Å². The van der Waals surface area contributed by atoms with Gasteiger partial charge in [0.15, 0.2) is 6.61 Å². The minimum absolute atomic E-state index is 0.0284. The highest BCUT2D eigenvalue weighted by Crippen LogP contribution is 2.21. The molecule has 1 N–H and O–H groups in total. The maximum Gasteiger partial charge on any atom is 0.338 e. The summed E-state index contributed by atoms with van der Waals surface area (Å²) >= 11 is 0. The van der Waals surface area contributed by atoms with E-state index in [2.05, 4.69) is 5.32 Å². The monoisotopic (exact) mass is 341 g/mol. The fourth-order valence-corrected chi connectivity index (χ4v) is 1.96. The Kier molecular flexibility index (Phi) is 6.57. The zero-order valence-electron chi connectivity index (χ0n) is 14.7. The van der Waals surface area contributed by atoms with E-state index in [1.54, 1.807) is 24.3 Å². The highest BCUT2D eigenvalue weighted by molar-refractivity contribution is 5.91. The highest BCUT2D eigenvalue weighted by Gasteiger charge is 2.14. The summed E-state index contributed by atoms with van der Waals surface area (Å²) in [5.74, 6) is 0.800. The molecule has 0 spiro atoms. The minimum atomic E-state index is -0.543. The molecule has 5 heteroatoms. The molecule has 2 aromatic carbocycles. The Morgan fingerprint density at radius 3 is 2.12 bits per heavy atom. The SMILES string of the molecule is CC(C)[C@H](C)NC(=O)COC(=O)c1ccc(Oc2ccccc2)cc1. The average molecular weight is 341 g/mol. The second-order valence-corrected chi connectivity index (χ2v) is 6.12. The largest absolute Gasteiger partial charge is 0.457 e. The lowest BCUT2D eigenvalue weighted by molar-refractivity contribution is -0.125. The lowest BCUT2D eigenvalue weighted by Gasteiger charge is -2.17. The van der Waals surface area contributed by atoms with Gasteiger partial charge in [-0.3, -0.25) is 4.79 Å². The van der Waals surface area contributed by atoms with E-state index in [1.807, 2.05) is 51.1 Å². The van der Waals surface area contributed by atoms with Crippen LogP contribution >= 0.6 is 0 Å². The van der Waals surface area contributed by atoms with E-state index >= 15 is 0 Å². The van der Waals surface area contributed by atoms with Gasteiger partial charge < -0.3 is 14.8 Å². The van der Waals surface area contributed by atoms with Crippen LogP contribution in [0.25, 0.3) is 0 Å². The molecule has 0 bridgehead atoms. The summed E-state index contributed by atoms with van der Waals surface area (Å²) in [5.41, 5.74) is 0.366. The van der Waals surface area contributed by atoms with E-state index < -0.39 is 5.97 Å². The molecule has 25 heavy (non-hydrogen) atoms. The number of esters is 1. The number of ether oxygens (including phenoxy) is 2. The van der Waals surface area contributed by atoms with Crippen molar-refractivity contribution in [3.63, 3.8) is 0 Å². The van der Waals surface area contributed by atoms with Crippen molar-refractivity contribution in [3.8, 4) is 11.5 Å². The van der Waals surface area contributed by atoms with Gasteiger partial charge in [-0.05, 0) is 49.2 Å². The molecular weight excluding hydrogens is 318 g/mol.